The first-order valence-corrected chi connectivity index (χ1v) is 5.73. The van der Waals surface area contributed by atoms with Gasteiger partial charge in [0.25, 0.3) is 0 Å². The molecule has 0 atom stereocenters. The lowest BCUT2D eigenvalue weighted by Gasteiger charge is -2.25. The quantitative estimate of drug-likeness (QED) is 0.752. The van der Waals surface area contributed by atoms with Gasteiger partial charge >= 0.3 is 6.09 Å². The highest BCUT2D eigenvalue weighted by atomic mass is 16.6. The molecule has 1 N–H and O–H groups in total. The first-order chi connectivity index (χ1) is 7.64. The number of ether oxygens (including phenoxy) is 1. The molecular formula is C12H21N3O2. The Hall–Kier alpha value is -1.39. The van der Waals surface area contributed by atoms with Crippen LogP contribution >= 0.6 is 0 Å². The Morgan fingerprint density at radius 2 is 2.18 bits per heavy atom. The monoisotopic (exact) mass is 239 g/mol. The highest BCUT2D eigenvalue weighted by Crippen LogP contribution is 2.23. The van der Waals surface area contributed by atoms with Gasteiger partial charge in [-0.25, -0.2) is 4.79 Å². The number of nitrogens with one attached hydrogen (secondary N) is 1. The molecule has 0 saturated carbocycles. The molecule has 17 heavy (non-hydrogen) atoms. The first-order valence-electron chi connectivity index (χ1n) is 5.73. The van der Waals surface area contributed by atoms with Crippen LogP contribution in [0.25, 0.3) is 0 Å². The minimum Gasteiger partial charge on any atom is -0.443 e. The zero-order chi connectivity index (χ0) is 13.3. The molecule has 0 aromatic rings. The molecule has 1 heterocycles. The third kappa shape index (κ3) is 3.84. The van der Waals surface area contributed by atoms with Gasteiger partial charge in [-0.2, -0.15) is 0 Å². The molecular weight excluding hydrogens is 218 g/mol. The van der Waals surface area contributed by atoms with E-state index < -0.39 is 5.60 Å². The fraction of sp³-hybridized carbons (Fsp3) is 0.750. The second-order valence-electron chi connectivity index (χ2n) is 5.82. The summed E-state index contributed by atoms with van der Waals surface area (Å²) in [5.74, 6) is 0.610. The molecule has 0 spiro atoms. The maximum Gasteiger partial charge on any atom is 0.415 e. The van der Waals surface area contributed by atoms with Gasteiger partial charge in [0.1, 0.15) is 11.4 Å². The van der Waals surface area contributed by atoms with Gasteiger partial charge in [-0.15, -0.1) is 0 Å². The lowest BCUT2D eigenvalue weighted by Crippen LogP contribution is -2.41. The number of amides is 1. The van der Waals surface area contributed by atoms with Crippen molar-refractivity contribution in [3.8, 4) is 0 Å². The first kappa shape index (κ1) is 13.7. The van der Waals surface area contributed by atoms with E-state index in [1.54, 1.807) is 0 Å². The van der Waals surface area contributed by atoms with Crippen LogP contribution in [-0.4, -0.2) is 40.7 Å². The molecule has 0 aromatic carbocycles. The largest absolute Gasteiger partial charge is 0.443 e. The fourth-order valence-electron chi connectivity index (χ4n) is 1.66. The van der Waals surface area contributed by atoms with Crippen LogP contribution in [0.1, 0.15) is 41.0 Å². The number of carbonyl (C=O) groups excluding carboxylic acids is 1. The zero-order valence-electron chi connectivity index (χ0n) is 11.2. The fourth-order valence-corrected chi connectivity index (χ4v) is 1.66. The zero-order valence-corrected chi connectivity index (χ0v) is 11.2. The number of nitrogens with zero attached hydrogens (tertiary/aromatic N) is 2. The van der Waals surface area contributed by atoms with Crippen molar-refractivity contribution in [3.05, 3.63) is 0 Å². The van der Waals surface area contributed by atoms with Crippen molar-refractivity contribution in [2.75, 3.05) is 6.54 Å². The summed E-state index contributed by atoms with van der Waals surface area (Å²) in [5.41, 5.74) is -0.811. The van der Waals surface area contributed by atoms with E-state index >= 15 is 0 Å². The Morgan fingerprint density at radius 3 is 2.65 bits per heavy atom. The number of carbonyl (C=O) groups is 1. The molecule has 1 aliphatic rings. The Morgan fingerprint density at radius 1 is 1.59 bits per heavy atom. The van der Waals surface area contributed by atoms with E-state index in [1.165, 1.54) is 11.1 Å². The molecule has 0 saturated heterocycles. The average Bonchev–Trinajstić information content (AvgIpc) is 2.39. The average molecular weight is 239 g/mol. The third-order valence-electron chi connectivity index (χ3n) is 2.19. The van der Waals surface area contributed by atoms with Crippen molar-refractivity contribution in [2.45, 2.75) is 52.2 Å². The Bertz CT molecular complexity index is 353. The van der Waals surface area contributed by atoms with E-state index in [-0.39, 0.29) is 11.6 Å². The van der Waals surface area contributed by atoms with Gasteiger partial charge in [0.2, 0.25) is 0 Å². The standard InChI is InChI=1S/C12H21N3O2/c1-11(2,3)17-10(16)15-8-12(4,5)14-9(15)6-7-13/h7,13H,6,8H2,1-5H3. The van der Waals surface area contributed by atoms with Crippen molar-refractivity contribution >= 4 is 18.1 Å². The number of amidine groups is 1. The van der Waals surface area contributed by atoms with Crippen LogP contribution in [-0.2, 0) is 4.74 Å². The van der Waals surface area contributed by atoms with E-state index in [1.807, 2.05) is 34.6 Å². The van der Waals surface area contributed by atoms with Gasteiger partial charge in [0.05, 0.1) is 12.1 Å². The molecule has 0 bridgehead atoms. The molecule has 1 rings (SSSR count). The molecule has 0 aromatic heterocycles. The predicted molar refractivity (Wildman–Crippen MR) is 67.9 cm³/mol. The maximum atomic E-state index is 12.0. The van der Waals surface area contributed by atoms with E-state index in [0.29, 0.717) is 18.8 Å². The normalized spacial score (nSPS) is 18.9. The summed E-state index contributed by atoms with van der Waals surface area (Å²) in [5, 5.41) is 7.12. The summed E-state index contributed by atoms with van der Waals surface area (Å²) in [6.45, 7) is 9.92. The van der Waals surface area contributed by atoms with Crippen LogP contribution in [0, 0.1) is 5.41 Å². The van der Waals surface area contributed by atoms with Crippen LogP contribution < -0.4 is 0 Å². The van der Waals surface area contributed by atoms with Crippen molar-refractivity contribution in [2.24, 2.45) is 4.99 Å². The van der Waals surface area contributed by atoms with Crippen LogP contribution in [0.5, 0.6) is 0 Å². The smallest absolute Gasteiger partial charge is 0.415 e. The molecule has 1 amide bonds. The number of rotatable bonds is 2. The van der Waals surface area contributed by atoms with Gasteiger partial charge in [0, 0.05) is 12.6 Å². The van der Waals surface area contributed by atoms with Crippen LogP contribution in [0.3, 0.4) is 0 Å². The van der Waals surface area contributed by atoms with E-state index in [4.69, 9.17) is 10.1 Å². The van der Waals surface area contributed by atoms with Gasteiger partial charge in [-0.3, -0.25) is 9.89 Å². The molecule has 5 heteroatoms. The summed E-state index contributed by atoms with van der Waals surface area (Å²) in [4.78, 5) is 17.9. The molecule has 5 nitrogen and oxygen atoms in total. The van der Waals surface area contributed by atoms with Crippen molar-refractivity contribution in [1.29, 1.82) is 5.41 Å². The Balaban J connectivity index is 2.81. The second-order valence-corrected chi connectivity index (χ2v) is 5.82. The Kier molecular flexibility index (Phi) is 3.59. The molecule has 1 aliphatic heterocycles. The van der Waals surface area contributed by atoms with Crippen LogP contribution in [0.2, 0.25) is 0 Å². The summed E-state index contributed by atoms with van der Waals surface area (Å²) < 4.78 is 5.32. The minimum absolute atomic E-state index is 0.296. The van der Waals surface area contributed by atoms with Crippen molar-refractivity contribution in [3.63, 3.8) is 0 Å². The van der Waals surface area contributed by atoms with E-state index in [9.17, 15) is 4.79 Å². The highest BCUT2D eigenvalue weighted by molar-refractivity contribution is 6.02. The minimum atomic E-state index is -0.514. The van der Waals surface area contributed by atoms with Crippen molar-refractivity contribution in [1.82, 2.24) is 4.90 Å². The molecule has 0 aliphatic carbocycles. The third-order valence-corrected chi connectivity index (χ3v) is 2.19. The SMILES string of the molecule is CC1(C)CN(C(=O)OC(C)(C)C)C(CC=N)=N1. The van der Waals surface area contributed by atoms with E-state index in [2.05, 4.69) is 4.99 Å². The number of hydrogen-bond acceptors (Lipinski definition) is 4. The van der Waals surface area contributed by atoms with Crippen molar-refractivity contribution < 1.29 is 9.53 Å². The molecule has 0 unspecified atom stereocenters. The summed E-state index contributed by atoms with van der Waals surface area (Å²) in [6.07, 6.45) is 1.23. The van der Waals surface area contributed by atoms with Gasteiger partial charge in [0.15, 0.2) is 0 Å². The second kappa shape index (κ2) is 4.47. The van der Waals surface area contributed by atoms with Gasteiger partial charge in [-0.1, -0.05) is 0 Å². The number of hydrogen-bond donors (Lipinski definition) is 1. The lowest BCUT2D eigenvalue weighted by atomic mass is 10.1. The van der Waals surface area contributed by atoms with Crippen LogP contribution in [0.15, 0.2) is 4.99 Å². The lowest BCUT2D eigenvalue weighted by molar-refractivity contribution is 0.0366. The highest BCUT2D eigenvalue weighted by Gasteiger charge is 2.36. The Labute approximate surface area is 102 Å². The molecule has 0 fully saturated rings. The maximum absolute atomic E-state index is 12.0. The molecule has 96 valence electrons. The number of aliphatic imine (C=N–C) groups is 1. The van der Waals surface area contributed by atoms with Gasteiger partial charge in [-0.05, 0) is 34.6 Å². The summed E-state index contributed by atoms with van der Waals surface area (Å²) in [7, 11) is 0. The predicted octanol–water partition coefficient (Wildman–Crippen LogP) is 2.45. The summed E-state index contributed by atoms with van der Waals surface area (Å²) in [6, 6.07) is 0. The summed E-state index contributed by atoms with van der Waals surface area (Å²) >= 11 is 0. The van der Waals surface area contributed by atoms with Gasteiger partial charge < -0.3 is 10.1 Å². The topological polar surface area (TPSA) is 65.8 Å². The van der Waals surface area contributed by atoms with E-state index in [0.717, 1.165) is 0 Å². The van der Waals surface area contributed by atoms with Crippen LogP contribution in [0.4, 0.5) is 4.79 Å². The molecule has 0 radical (unpaired) electrons.